The molecule has 1 aromatic rings. The fourth-order valence-electron chi connectivity index (χ4n) is 1.92. The molecule has 2 unspecified atom stereocenters. The molecule has 0 N–H and O–H groups in total. The minimum atomic E-state index is 0.0802. The first-order valence-electron chi connectivity index (χ1n) is 8.06. The molecule has 0 saturated heterocycles. The summed E-state index contributed by atoms with van der Waals surface area (Å²) in [4.78, 5) is 20.8. The van der Waals surface area contributed by atoms with Gasteiger partial charge in [0.15, 0.2) is 0 Å². The van der Waals surface area contributed by atoms with E-state index in [1.807, 2.05) is 27.7 Å². The van der Waals surface area contributed by atoms with Gasteiger partial charge in [-0.25, -0.2) is 19.6 Å². The van der Waals surface area contributed by atoms with Crippen LogP contribution in [-0.4, -0.2) is 25.4 Å². The van der Waals surface area contributed by atoms with E-state index in [0.717, 1.165) is 0 Å². The summed E-state index contributed by atoms with van der Waals surface area (Å²) in [6.45, 7) is 13.2. The topological polar surface area (TPSA) is 36.9 Å². The van der Waals surface area contributed by atoms with Crippen LogP contribution in [0.5, 0.6) is 0 Å². The van der Waals surface area contributed by atoms with Gasteiger partial charge < -0.3 is 0 Å². The Labute approximate surface area is 134 Å². The largest absolute Gasteiger partial charge is 0.236 e. The maximum Gasteiger partial charge on any atom is 0.0888 e. The monoisotopic (exact) mass is 310 g/mol. The van der Waals surface area contributed by atoms with Crippen LogP contribution < -0.4 is 0 Å². The molecule has 0 aliphatic rings. The van der Waals surface area contributed by atoms with Crippen LogP contribution >= 0.6 is 0 Å². The summed E-state index contributed by atoms with van der Waals surface area (Å²) < 4.78 is 0. The van der Waals surface area contributed by atoms with Crippen molar-refractivity contribution in [1.82, 2.24) is 0 Å². The highest BCUT2D eigenvalue weighted by atomic mass is 17.2. The van der Waals surface area contributed by atoms with Gasteiger partial charge in [0.05, 0.1) is 25.4 Å². The van der Waals surface area contributed by atoms with Crippen molar-refractivity contribution in [2.75, 3.05) is 13.2 Å². The van der Waals surface area contributed by atoms with Crippen LogP contribution in [0.4, 0.5) is 0 Å². The van der Waals surface area contributed by atoms with E-state index in [4.69, 9.17) is 19.6 Å². The molecule has 0 spiro atoms. The third kappa shape index (κ3) is 7.36. The Morgan fingerprint density at radius 3 is 1.50 bits per heavy atom. The van der Waals surface area contributed by atoms with Crippen molar-refractivity contribution in [2.45, 2.75) is 65.6 Å². The summed E-state index contributed by atoms with van der Waals surface area (Å²) in [6, 6.07) is 8.51. The zero-order valence-corrected chi connectivity index (χ0v) is 14.7. The molecule has 0 amide bonds. The predicted molar refractivity (Wildman–Crippen MR) is 87.6 cm³/mol. The first-order chi connectivity index (χ1) is 10.4. The van der Waals surface area contributed by atoms with Crippen LogP contribution in [0, 0.1) is 0 Å². The molecule has 1 aromatic carbocycles. The van der Waals surface area contributed by atoms with Gasteiger partial charge in [-0.15, -0.1) is 0 Å². The van der Waals surface area contributed by atoms with Gasteiger partial charge in [0.1, 0.15) is 0 Å². The lowest BCUT2D eigenvalue weighted by Gasteiger charge is -2.17. The SMILES string of the molecule is CC(C)OOCC(C)c1cccc(C(C)COOC(C)C)c1. The molecule has 0 radical (unpaired) electrons. The fourth-order valence-corrected chi connectivity index (χ4v) is 1.92. The minimum absolute atomic E-state index is 0.0802. The molecule has 4 heteroatoms. The molecule has 0 bridgehead atoms. The molecule has 0 aliphatic carbocycles. The summed E-state index contributed by atoms with van der Waals surface area (Å²) in [6.07, 6.45) is 0.160. The molecule has 22 heavy (non-hydrogen) atoms. The molecule has 0 fully saturated rings. The Balaban J connectivity index is 2.53. The van der Waals surface area contributed by atoms with E-state index in [-0.39, 0.29) is 24.0 Å². The first-order valence-corrected chi connectivity index (χ1v) is 8.06. The van der Waals surface area contributed by atoms with Crippen LogP contribution in [0.15, 0.2) is 24.3 Å². The Morgan fingerprint density at radius 2 is 1.14 bits per heavy atom. The summed E-state index contributed by atoms with van der Waals surface area (Å²) in [5.41, 5.74) is 2.47. The zero-order valence-electron chi connectivity index (χ0n) is 14.7. The van der Waals surface area contributed by atoms with Gasteiger partial charge in [0, 0.05) is 11.8 Å². The fraction of sp³-hybridized carbons (Fsp3) is 0.667. The number of hydrogen-bond donors (Lipinski definition) is 0. The summed E-state index contributed by atoms with van der Waals surface area (Å²) in [7, 11) is 0. The normalized spacial score (nSPS) is 14.5. The summed E-state index contributed by atoms with van der Waals surface area (Å²) in [5, 5.41) is 0. The number of rotatable bonds is 10. The van der Waals surface area contributed by atoms with E-state index in [9.17, 15) is 0 Å². The molecular weight excluding hydrogens is 280 g/mol. The second-order valence-electron chi connectivity index (χ2n) is 6.33. The van der Waals surface area contributed by atoms with E-state index in [1.165, 1.54) is 11.1 Å². The third-order valence-corrected chi connectivity index (χ3v) is 3.21. The standard InChI is InChI=1S/C18H30O4/c1-13(2)21-19-11-15(5)17-8-7-9-18(10-17)16(6)12-20-22-14(3)4/h7-10,13-16H,11-12H2,1-6H3. The van der Waals surface area contributed by atoms with Crippen LogP contribution in [0.1, 0.15) is 64.5 Å². The Kier molecular flexibility index (Phi) is 8.64. The highest BCUT2D eigenvalue weighted by molar-refractivity contribution is 5.28. The lowest BCUT2D eigenvalue weighted by atomic mass is 9.95. The van der Waals surface area contributed by atoms with E-state index < -0.39 is 0 Å². The van der Waals surface area contributed by atoms with Gasteiger partial charge in [0.2, 0.25) is 0 Å². The molecule has 2 atom stereocenters. The second kappa shape index (κ2) is 9.95. The highest BCUT2D eigenvalue weighted by Crippen LogP contribution is 2.22. The Hall–Kier alpha value is -0.940. The van der Waals surface area contributed by atoms with Crippen LogP contribution in [0.2, 0.25) is 0 Å². The quantitative estimate of drug-likeness (QED) is 0.467. The molecule has 4 nitrogen and oxygen atoms in total. The van der Waals surface area contributed by atoms with Crippen molar-refractivity contribution in [3.8, 4) is 0 Å². The molecule has 0 aliphatic heterocycles. The lowest BCUT2D eigenvalue weighted by Crippen LogP contribution is -2.11. The van der Waals surface area contributed by atoms with Gasteiger partial charge in [-0.3, -0.25) is 0 Å². The Morgan fingerprint density at radius 1 is 0.727 bits per heavy atom. The van der Waals surface area contributed by atoms with Crippen LogP contribution in [0.25, 0.3) is 0 Å². The van der Waals surface area contributed by atoms with Crippen molar-refractivity contribution in [3.05, 3.63) is 35.4 Å². The zero-order chi connectivity index (χ0) is 16.5. The average Bonchev–Trinajstić information content (AvgIpc) is 2.46. The van der Waals surface area contributed by atoms with E-state index in [0.29, 0.717) is 13.2 Å². The van der Waals surface area contributed by atoms with E-state index in [2.05, 4.69) is 38.1 Å². The van der Waals surface area contributed by atoms with E-state index in [1.54, 1.807) is 0 Å². The van der Waals surface area contributed by atoms with Crippen molar-refractivity contribution in [2.24, 2.45) is 0 Å². The number of hydrogen-bond acceptors (Lipinski definition) is 4. The lowest BCUT2D eigenvalue weighted by molar-refractivity contribution is -0.319. The van der Waals surface area contributed by atoms with Crippen LogP contribution in [0.3, 0.4) is 0 Å². The predicted octanol–water partition coefficient (Wildman–Crippen LogP) is 4.61. The Bertz CT molecular complexity index is 382. The van der Waals surface area contributed by atoms with Gasteiger partial charge in [-0.2, -0.15) is 0 Å². The molecule has 1 rings (SSSR count). The third-order valence-electron chi connectivity index (χ3n) is 3.21. The summed E-state index contributed by atoms with van der Waals surface area (Å²) >= 11 is 0. The molecule has 126 valence electrons. The van der Waals surface area contributed by atoms with Crippen molar-refractivity contribution < 1.29 is 19.6 Å². The van der Waals surface area contributed by atoms with Gasteiger partial charge in [-0.05, 0) is 38.8 Å². The van der Waals surface area contributed by atoms with Gasteiger partial charge in [0.25, 0.3) is 0 Å². The van der Waals surface area contributed by atoms with E-state index >= 15 is 0 Å². The van der Waals surface area contributed by atoms with Crippen molar-refractivity contribution in [1.29, 1.82) is 0 Å². The molecule has 0 saturated carbocycles. The first kappa shape index (κ1) is 19.1. The maximum atomic E-state index is 5.26. The van der Waals surface area contributed by atoms with Crippen molar-refractivity contribution >= 4 is 0 Å². The van der Waals surface area contributed by atoms with Crippen LogP contribution in [-0.2, 0) is 19.6 Å². The van der Waals surface area contributed by atoms with Gasteiger partial charge in [-0.1, -0.05) is 38.1 Å². The summed E-state index contributed by atoms with van der Waals surface area (Å²) in [5.74, 6) is 0.553. The van der Waals surface area contributed by atoms with Crippen molar-refractivity contribution in [3.63, 3.8) is 0 Å². The second-order valence-corrected chi connectivity index (χ2v) is 6.33. The minimum Gasteiger partial charge on any atom is -0.236 e. The number of benzene rings is 1. The van der Waals surface area contributed by atoms with Gasteiger partial charge >= 0.3 is 0 Å². The molecule has 0 aromatic heterocycles. The maximum absolute atomic E-state index is 5.26. The molecule has 0 heterocycles. The molecular formula is C18H30O4. The smallest absolute Gasteiger partial charge is 0.0888 e. The average molecular weight is 310 g/mol. The highest BCUT2D eigenvalue weighted by Gasteiger charge is 2.11.